The summed E-state index contributed by atoms with van der Waals surface area (Å²) in [5.41, 5.74) is 11.7. The second-order valence-electron chi connectivity index (χ2n) is 14.5. The molecule has 8 rings (SSSR count). The summed E-state index contributed by atoms with van der Waals surface area (Å²) >= 11 is 0. The van der Waals surface area contributed by atoms with Gasteiger partial charge in [-0.25, -0.2) is 0 Å². The Hall–Kier alpha value is -5.14. The van der Waals surface area contributed by atoms with Crippen LogP contribution in [0.2, 0.25) is 0 Å². The van der Waals surface area contributed by atoms with E-state index in [2.05, 4.69) is 184 Å². The number of para-hydroxylation sites is 1. The van der Waals surface area contributed by atoms with Crippen LogP contribution in [-0.4, -0.2) is 0 Å². The van der Waals surface area contributed by atoms with Crippen LogP contribution < -0.4 is 4.90 Å². The first-order valence-electron chi connectivity index (χ1n) is 16.9. The zero-order chi connectivity index (χ0) is 32.2. The molecule has 0 unspecified atom stereocenters. The number of hydrogen-bond donors (Lipinski definition) is 0. The predicted molar refractivity (Wildman–Crippen MR) is 202 cm³/mol. The highest BCUT2D eigenvalue weighted by Gasteiger charge is 2.38. The van der Waals surface area contributed by atoms with Crippen LogP contribution in [0.3, 0.4) is 0 Å². The Balaban J connectivity index is 1.34. The van der Waals surface area contributed by atoms with Gasteiger partial charge in [-0.1, -0.05) is 137 Å². The van der Waals surface area contributed by atoms with Crippen molar-refractivity contribution < 1.29 is 0 Å². The molecule has 0 atom stereocenters. The predicted octanol–water partition coefficient (Wildman–Crippen LogP) is 13.1. The monoisotopic (exact) mass is 607 g/mol. The minimum absolute atomic E-state index is 0.0954. The van der Waals surface area contributed by atoms with Crippen molar-refractivity contribution in [3.63, 3.8) is 0 Å². The molecule has 0 spiro atoms. The maximum Gasteiger partial charge on any atom is 0.0543 e. The van der Waals surface area contributed by atoms with Crippen molar-refractivity contribution in [1.29, 1.82) is 0 Å². The number of hydrogen-bond acceptors (Lipinski definition) is 1. The molecular formula is C46H41N. The van der Waals surface area contributed by atoms with Gasteiger partial charge < -0.3 is 4.90 Å². The lowest BCUT2D eigenvalue weighted by Crippen LogP contribution is -2.34. The van der Waals surface area contributed by atoms with Crippen molar-refractivity contribution in [2.45, 2.75) is 51.4 Å². The quantitative estimate of drug-likeness (QED) is 0.176. The summed E-state index contributed by atoms with van der Waals surface area (Å²) in [7, 11) is 0. The van der Waals surface area contributed by atoms with Gasteiger partial charge in [0.15, 0.2) is 0 Å². The fourth-order valence-corrected chi connectivity index (χ4v) is 7.72. The van der Waals surface area contributed by atoms with Crippen LogP contribution in [0, 0.1) is 0 Å². The molecule has 7 aromatic carbocycles. The molecule has 1 nitrogen and oxygen atoms in total. The standard InChI is InChI=1S/C46H41N/c1-45(2)27-28-46(3,4)43-31-44(41(30-42(43)45)32-15-7-5-8-16-32)47(35-18-9-6-10-19-35)36-25-23-33(24-26-36)40-29-34-17-11-12-20-37(34)38-21-13-14-22-39(38)40/h5-26,29-31H,27-28H2,1-4H3. The van der Waals surface area contributed by atoms with E-state index >= 15 is 0 Å². The van der Waals surface area contributed by atoms with Gasteiger partial charge in [-0.05, 0) is 115 Å². The van der Waals surface area contributed by atoms with Crippen LogP contribution in [-0.2, 0) is 10.8 Å². The smallest absolute Gasteiger partial charge is 0.0543 e. The number of anilines is 3. The normalized spacial score (nSPS) is 15.0. The third-order valence-electron chi connectivity index (χ3n) is 10.5. The van der Waals surface area contributed by atoms with Crippen LogP contribution in [0.4, 0.5) is 17.1 Å². The van der Waals surface area contributed by atoms with E-state index in [1.54, 1.807) is 0 Å². The first kappa shape index (κ1) is 29.3. The van der Waals surface area contributed by atoms with E-state index in [4.69, 9.17) is 0 Å². The van der Waals surface area contributed by atoms with Gasteiger partial charge in [0.2, 0.25) is 0 Å². The molecule has 1 aliphatic rings. The zero-order valence-electron chi connectivity index (χ0n) is 27.8. The van der Waals surface area contributed by atoms with Crippen molar-refractivity contribution in [1.82, 2.24) is 0 Å². The minimum Gasteiger partial charge on any atom is -0.310 e. The highest BCUT2D eigenvalue weighted by atomic mass is 15.1. The molecule has 1 heteroatoms. The van der Waals surface area contributed by atoms with E-state index in [1.807, 2.05) is 0 Å². The Labute approximate surface area is 279 Å². The summed E-state index contributed by atoms with van der Waals surface area (Å²) in [5.74, 6) is 0. The van der Waals surface area contributed by atoms with Crippen LogP contribution in [0.5, 0.6) is 0 Å². The average Bonchev–Trinajstić information content (AvgIpc) is 3.11. The maximum absolute atomic E-state index is 2.51. The molecule has 0 saturated carbocycles. The van der Waals surface area contributed by atoms with E-state index in [0.717, 1.165) is 11.4 Å². The van der Waals surface area contributed by atoms with Gasteiger partial charge in [0.1, 0.15) is 0 Å². The van der Waals surface area contributed by atoms with E-state index in [9.17, 15) is 0 Å². The number of rotatable bonds is 5. The van der Waals surface area contributed by atoms with Gasteiger partial charge >= 0.3 is 0 Å². The third kappa shape index (κ3) is 5.11. The van der Waals surface area contributed by atoms with Gasteiger partial charge in [0, 0.05) is 16.9 Å². The highest BCUT2D eigenvalue weighted by Crippen LogP contribution is 2.51. The Morgan fingerprint density at radius 1 is 0.426 bits per heavy atom. The molecule has 0 heterocycles. The Morgan fingerprint density at radius 3 is 1.62 bits per heavy atom. The lowest BCUT2D eigenvalue weighted by Gasteiger charge is -2.43. The number of fused-ring (bicyclic) bond motifs is 4. The Kier molecular flexibility index (Phi) is 7.03. The molecule has 0 aliphatic heterocycles. The summed E-state index contributed by atoms with van der Waals surface area (Å²) in [4.78, 5) is 2.46. The summed E-state index contributed by atoms with van der Waals surface area (Å²) in [6, 6.07) is 55.9. The Morgan fingerprint density at radius 2 is 0.936 bits per heavy atom. The fourth-order valence-electron chi connectivity index (χ4n) is 7.72. The molecule has 230 valence electrons. The van der Waals surface area contributed by atoms with Crippen LogP contribution in [0.25, 0.3) is 43.8 Å². The average molecular weight is 608 g/mol. The molecule has 0 bridgehead atoms. The number of nitrogens with zero attached hydrogens (tertiary/aromatic N) is 1. The van der Waals surface area contributed by atoms with Gasteiger partial charge in [0.25, 0.3) is 0 Å². The van der Waals surface area contributed by atoms with Crippen LogP contribution in [0.1, 0.15) is 51.7 Å². The molecule has 0 radical (unpaired) electrons. The van der Waals surface area contributed by atoms with Crippen LogP contribution in [0.15, 0.2) is 152 Å². The molecule has 0 aromatic heterocycles. The first-order valence-corrected chi connectivity index (χ1v) is 16.9. The minimum atomic E-state index is 0.0954. The molecule has 1 aliphatic carbocycles. The van der Waals surface area contributed by atoms with Gasteiger partial charge in [-0.15, -0.1) is 0 Å². The molecular weight excluding hydrogens is 567 g/mol. The summed E-state index contributed by atoms with van der Waals surface area (Å²) in [5, 5.41) is 5.14. The largest absolute Gasteiger partial charge is 0.310 e. The van der Waals surface area contributed by atoms with Crippen molar-refractivity contribution in [2.24, 2.45) is 0 Å². The van der Waals surface area contributed by atoms with Gasteiger partial charge in [-0.2, -0.15) is 0 Å². The molecule has 0 amide bonds. The van der Waals surface area contributed by atoms with E-state index in [-0.39, 0.29) is 10.8 Å². The van der Waals surface area contributed by atoms with E-state index < -0.39 is 0 Å². The molecule has 0 fully saturated rings. The van der Waals surface area contributed by atoms with Gasteiger partial charge in [-0.3, -0.25) is 0 Å². The SMILES string of the molecule is CC1(C)CCC(C)(C)c2cc(N(c3ccccc3)c3ccc(-c4cc5ccccc5c5ccccc45)cc3)c(-c3ccccc3)cc21. The van der Waals surface area contributed by atoms with Gasteiger partial charge in [0.05, 0.1) is 5.69 Å². The molecule has 0 saturated heterocycles. The first-order chi connectivity index (χ1) is 22.8. The van der Waals surface area contributed by atoms with Crippen molar-refractivity contribution >= 4 is 38.6 Å². The zero-order valence-corrected chi connectivity index (χ0v) is 27.8. The second-order valence-corrected chi connectivity index (χ2v) is 14.5. The summed E-state index contributed by atoms with van der Waals surface area (Å²) in [6.07, 6.45) is 2.37. The highest BCUT2D eigenvalue weighted by molar-refractivity contribution is 6.13. The van der Waals surface area contributed by atoms with Crippen molar-refractivity contribution in [3.05, 3.63) is 163 Å². The number of benzene rings is 7. The maximum atomic E-state index is 2.51. The Bertz CT molecular complexity index is 2220. The van der Waals surface area contributed by atoms with E-state index in [1.165, 1.54) is 73.5 Å². The molecule has 47 heavy (non-hydrogen) atoms. The van der Waals surface area contributed by atoms with Crippen molar-refractivity contribution in [2.75, 3.05) is 4.90 Å². The lowest BCUT2D eigenvalue weighted by atomic mass is 9.62. The third-order valence-corrected chi connectivity index (χ3v) is 10.5. The van der Waals surface area contributed by atoms with Crippen molar-refractivity contribution in [3.8, 4) is 22.3 Å². The second kappa shape index (κ2) is 11.3. The fraction of sp³-hybridized carbons (Fsp3) is 0.174. The van der Waals surface area contributed by atoms with E-state index in [0.29, 0.717) is 0 Å². The van der Waals surface area contributed by atoms with Crippen LogP contribution >= 0.6 is 0 Å². The molecule has 0 N–H and O–H groups in total. The molecule has 7 aromatic rings. The summed E-state index contributed by atoms with van der Waals surface area (Å²) < 4.78 is 0. The topological polar surface area (TPSA) is 3.24 Å². The lowest BCUT2D eigenvalue weighted by molar-refractivity contribution is 0.332. The summed E-state index contributed by atoms with van der Waals surface area (Å²) in [6.45, 7) is 9.67.